The summed E-state index contributed by atoms with van der Waals surface area (Å²) >= 11 is 0. The normalized spacial score (nSPS) is 9.07. The number of hydrogen-bond acceptors (Lipinski definition) is 0. The molecular weight excluding hydrogens is 196 g/mol. The molecule has 15 heavy (non-hydrogen) atoms. The van der Waals surface area contributed by atoms with Crippen LogP contribution in [-0.2, 0) is 0 Å². The molecular formula is C14H10Si. The first-order chi connectivity index (χ1) is 7.45. The van der Waals surface area contributed by atoms with Crippen molar-refractivity contribution in [2.75, 3.05) is 0 Å². The van der Waals surface area contributed by atoms with Crippen molar-refractivity contribution in [1.82, 2.24) is 0 Å². The maximum absolute atomic E-state index is 3.20. The maximum atomic E-state index is 3.20. The van der Waals surface area contributed by atoms with Crippen LogP contribution in [0.2, 0.25) is 0 Å². The van der Waals surface area contributed by atoms with E-state index in [1.54, 1.807) is 0 Å². The SMILES string of the molecule is C(#Cc1ccccc1)[Si]c1ccccc1. The van der Waals surface area contributed by atoms with Gasteiger partial charge in [-0.3, -0.25) is 0 Å². The topological polar surface area (TPSA) is 0 Å². The van der Waals surface area contributed by atoms with Crippen LogP contribution in [0.5, 0.6) is 0 Å². The van der Waals surface area contributed by atoms with Crippen molar-refractivity contribution in [1.29, 1.82) is 0 Å². The van der Waals surface area contributed by atoms with Gasteiger partial charge in [0.1, 0.15) is 0 Å². The molecule has 70 valence electrons. The molecule has 2 aromatic carbocycles. The van der Waals surface area contributed by atoms with Crippen LogP contribution in [0.4, 0.5) is 0 Å². The third-order valence-electron chi connectivity index (χ3n) is 1.96. The third kappa shape index (κ3) is 3.12. The van der Waals surface area contributed by atoms with E-state index in [2.05, 4.69) is 23.6 Å². The second-order valence-electron chi connectivity index (χ2n) is 3.11. The van der Waals surface area contributed by atoms with E-state index in [1.807, 2.05) is 48.5 Å². The summed E-state index contributed by atoms with van der Waals surface area (Å²) in [6.45, 7) is 0. The van der Waals surface area contributed by atoms with Crippen LogP contribution in [0.25, 0.3) is 0 Å². The molecule has 0 aromatic heterocycles. The number of benzene rings is 2. The summed E-state index contributed by atoms with van der Waals surface area (Å²) in [6.07, 6.45) is 0. The Balaban J connectivity index is 2.03. The molecule has 2 radical (unpaired) electrons. The fraction of sp³-hybridized carbons (Fsp3) is 0. The van der Waals surface area contributed by atoms with Gasteiger partial charge in [0.2, 0.25) is 0 Å². The van der Waals surface area contributed by atoms with Gasteiger partial charge in [-0.15, -0.1) is 5.54 Å². The zero-order valence-corrected chi connectivity index (χ0v) is 9.27. The third-order valence-corrected chi connectivity index (χ3v) is 2.83. The average molecular weight is 206 g/mol. The lowest BCUT2D eigenvalue weighted by Gasteiger charge is -1.90. The van der Waals surface area contributed by atoms with Crippen LogP contribution in [0.3, 0.4) is 0 Å². The highest BCUT2D eigenvalue weighted by atomic mass is 28.2. The molecule has 2 rings (SSSR count). The molecule has 0 unspecified atom stereocenters. The molecule has 0 saturated carbocycles. The second kappa shape index (κ2) is 5.19. The first-order valence-corrected chi connectivity index (χ1v) is 5.82. The van der Waals surface area contributed by atoms with Crippen molar-refractivity contribution in [3.63, 3.8) is 0 Å². The number of hydrogen-bond donors (Lipinski definition) is 0. The summed E-state index contributed by atoms with van der Waals surface area (Å²) in [4.78, 5) is 0. The Morgan fingerprint density at radius 2 is 1.33 bits per heavy atom. The van der Waals surface area contributed by atoms with Gasteiger partial charge in [-0.25, -0.2) is 0 Å². The molecule has 0 bridgehead atoms. The molecule has 0 saturated heterocycles. The predicted octanol–water partition coefficient (Wildman–Crippen LogP) is 2.03. The smallest absolute Gasteiger partial charge is 0.124 e. The largest absolute Gasteiger partial charge is 0.187 e. The summed E-state index contributed by atoms with van der Waals surface area (Å²) in [6, 6.07) is 20.4. The van der Waals surface area contributed by atoms with Crippen LogP contribution >= 0.6 is 0 Å². The summed E-state index contributed by atoms with van der Waals surface area (Å²) in [7, 11) is 0.569. The van der Waals surface area contributed by atoms with Crippen LogP contribution in [0.1, 0.15) is 5.56 Å². The van der Waals surface area contributed by atoms with Gasteiger partial charge in [0, 0.05) is 5.56 Å². The van der Waals surface area contributed by atoms with Crippen LogP contribution in [-0.4, -0.2) is 9.52 Å². The van der Waals surface area contributed by atoms with E-state index in [9.17, 15) is 0 Å². The lowest BCUT2D eigenvalue weighted by Crippen LogP contribution is -2.10. The first kappa shape index (κ1) is 9.76. The minimum Gasteiger partial charge on any atom is -0.124 e. The molecule has 2 aromatic rings. The Morgan fingerprint density at radius 3 is 2.00 bits per heavy atom. The van der Waals surface area contributed by atoms with Crippen molar-refractivity contribution in [3.05, 3.63) is 66.2 Å². The van der Waals surface area contributed by atoms with Gasteiger partial charge in [0.15, 0.2) is 9.52 Å². The van der Waals surface area contributed by atoms with Gasteiger partial charge in [-0.2, -0.15) is 0 Å². The van der Waals surface area contributed by atoms with Crippen molar-refractivity contribution in [2.24, 2.45) is 0 Å². The molecule has 0 aliphatic rings. The molecule has 0 fully saturated rings. The van der Waals surface area contributed by atoms with Crippen molar-refractivity contribution in [3.8, 4) is 11.5 Å². The van der Waals surface area contributed by atoms with E-state index in [-0.39, 0.29) is 0 Å². The highest BCUT2D eigenvalue weighted by Crippen LogP contribution is 1.94. The van der Waals surface area contributed by atoms with E-state index in [0.717, 1.165) is 5.56 Å². The summed E-state index contributed by atoms with van der Waals surface area (Å²) < 4.78 is 0. The van der Waals surface area contributed by atoms with Crippen LogP contribution < -0.4 is 5.19 Å². The molecule has 0 N–H and O–H groups in total. The van der Waals surface area contributed by atoms with E-state index < -0.39 is 0 Å². The Bertz CT molecular complexity index is 463. The Hall–Kier alpha value is -1.78. The van der Waals surface area contributed by atoms with Crippen molar-refractivity contribution in [2.45, 2.75) is 0 Å². The Labute approximate surface area is 92.8 Å². The van der Waals surface area contributed by atoms with Gasteiger partial charge in [0.25, 0.3) is 0 Å². The lowest BCUT2D eigenvalue weighted by molar-refractivity contribution is 1.65. The average Bonchev–Trinajstić information content (AvgIpc) is 2.32. The monoisotopic (exact) mass is 206 g/mol. The standard InChI is InChI=1S/C14H10Si/c1-3-7-13(8-4-1)11-12-15-14-9-5-2-6-10-14/h1-10H. The minimum absolute atomic E-state index is 0.569. The van der Waals surface area contributed by atoms with E-state index >= 15 is 0 Å². The van der Waals surface area contributed by atoms with E-state index in [0.29, 0.717) is 9.52 Å². The Kier molecular flexibility index (Phi) is 3.37. The zero-order valence-electron chi connectivity index (χ0n) is 8.27. The van der Waals surface area contributed by atoms with E-state index in [4.69, 9.17) is 0 Å². The number of rotatable bonds is 1. The molecule has 0 atom stereocenters. The molecule has 0 amide bonds. The fourth-order valence-electron chi connectivity index (χ4n) is 1.22. The summed E-state index contributed by atoms with van der Waals surface area (Å²) in [5.41, 5.74) is 4.28. The fourth-order valence-corrected chi connectivity index (χ4v) is 1.93. The quantitative estimate of drug-likeness (QED) is 0.495. The van der Waals surface area contributed by atoms with Gasteiger partial charge < -0.3 is 0 Å². The first-order valence-electron chi connectivity index (χ1n) is 4.82. The summed E-state index contributed by atoms with van der Waals surface area (Å²) in [5.74, 6) is 3.16. The second-order valence-corrected chi connectivity index (χ2v) is 4.18. The zero-order chi connectivity index (χ0) is 10.3. The molecule has 0 spiro atoms. The highest BCUT2D eigenvalue weighted by molar-refractivity contribution is 6.61. The van der Waals surface area contributed by atoms with Crippen LogP contribution in [0, 0.1) is 11.5 Å². The van der Waals surface area contributed by atoms with Gasteiger partial charge in [-0.05, 0) is 17.3 Å². The lowest BCUT2D eigenvalue weighted by atomic mass is 10.2. The maximum Gasteiger partial charge on any atom is 0.187 e. The Morgan fingerprint density at radius 1 is 0.733 bits per heavy atom. The van der Waals surface area contributed by atoms with E-state index in [1.165, 1.54) is 5.19 Å². The predicted molar refractivity (Wildman–Crippen MR) is 65.2 cm³/mol. The minimum atomic E-state index is 0.569. The molecule has 0 heterocycles. The molecule has 1 heteroatoms. The van der Waals surface area contributed by atoms with Gasteiger partial charge in [0.05, 0.1) is 0 Å². The van der Waals surface area contributed by atoms with Crippen LogP contribution in [0.15, 0.2) is 60.7 Å². The summed E-state index contributed by atoms with van der Waals surface area (Å²) in [5, 5.41) is 1.29. The van der Waals surface area contributed by atoms with Crippen molar-refractivity contribution < 1.29 is 0 Å². The highest BCUT2D eigenvalue weighted by Gasteiger charge is 1.88. The van der Waals surface area contributed by atoms with Gasteiger partial charge in [-0.1, -0.05) is 54.5 Å². The van der Waals surface area contributed by atoms with Crippen molar-refractivity contribution >= 4 is 14.7 Å². The molecule has 0 aliphatic carbocycles. The molecule has 0 aliphatic heterocycles. The molecule has 0 nitrogen and oxygen atoms in total. The van der Waals surface area contributed by atoms with Gasteiger partial charge >= 0.3 is 0 Å².